The molecule has 1 aliphatic carbocycles. The van der Waals surface area contributed by atoms with Gasteiger partial charge in [0.25, 0.3) is 0 Å². The van der Waals surface area contributed by atoms with Gasteiger partial charge in [0.05, 0.1) is 14.2 Å². The summed E-state index contributed by atoms with van der Waals surface area (Å²) in [5.41, 5.74) is 7.03. The number of hydrogen-bond donors (Lipinski definition) is 2. The van der Waals surface area contributed by atoms with Crippen LogP contribution >= 0.6 is 15.9 Å². The smallest absolute Gasteiger partial charge is 0.161 e. The molecule has 0 heterocycles. The first-order valence-corrected chi connectivity index (χ1v) is 7.51. The van der Waals surface area contributed by atoms with Gasteiger partial charge in [-0.25, -0.2) is 0 Å². The van der Waals surface area contributed by atoms with Crippen molar-refractivity contribution in [2.24, 2.45) is 5.73 Å². The second kappa shape index (κ2) is 7.11. The molecule has 1 unspecified atom stereocenters. The molecule has 4 nitrogen and oxygen atoms in total. The van der Waals surface area contributed by atoms with Crippen molar-refractivity contribution in [3.63, 3.8) is 0 Å². The van der Waals surface area contributed by atoms with Gasteiger partial charge in [0.2, 0.25) is 0 Å². The summed E-state index contributed by atoms with van der Waals surface area (Å²) in [7, 11) is 3.27. The molecule has 0 fully saturated rings. The Morgan fingerprint density at radius 1 is 1.25 bits per heavy atom. The van der Waals surface area contributed by atoms with Crippen LogP contribution in [0, 0.1) is 0 Å². The van der Waals surface area contributed by atoms with E-state index in [-0.39, 0.29) is 6.04 Å². The Balaban J connectivity index is 2.23. The van der Waals surface area contributed by atoms with Crippen LogP contribution < -0.4 is 20.5 Å². The normalized spacial score (nSPS) is 16.4. The van der Waals surface area contributed by atoms with Crippen LogP contribution in [0.25, 0.3) is 0 Å². The van der Waals surface area contributed by atoms with Crippen molar-refractivity contribution in [2.45, 2.75) is 24.9 Å². The summed E-state index contributed by atoms with van der Waals surface area (Å²) in [6, 6.07) is 4.46. The molecule has 0 saturated heterocycles. The van der Waals surface area contributed by atoms with Crippen molar-refractivity contribution in [1.29, 1.82) is 0 Å². The first kappa shape index (κ1) is 15.4. The van der Waals surface area contributed by atoms with E-state index in [4.69, 9.17) is 15.2 Å². The van der Waals surface area contributed by atoms with E-state index in [1.54, 1.807) is 14.2 Å². The molecule has 0 spiro atoms. The maximum atomic E-state index is 5.94. The summed E-state index contributed by atoms with van der Waals surface area (Å²) in [5.74, 6) is 1.43. The van der Waals surface area contributed by atoms with Gasteiger partial charge in [-0.3, -0.25) is 0 Å². The van der Waals surface area contributed by atoms with Gasteiger partial charge < -0.3 is 20.5 Å². The number of halogens is 1. The summed E-state index contributed by atoms with van der Waals surface area (Å²) in [6.07, 6.45) is 6.52. The Hall–Kier alpha value is -1.04. The van der Waals surface area contributed by atoms with E-state index >= 15 is 0 Å². The highest BCUT2D eigenvalue weighted by Gasteiger charge is 2.20. The molecule has 20 heavy (non-hydrogen) atoms. The average molecular weight is 341 g/mol. The Kier molecular flexibility index (Phi) is 5.46. The third-order valence-corrected chi connectivity index (χ3v) is 4.25. The summed E-state index contributed by atoms with van der Waals surface area (Å²) in [6.45, 7) is 0.532. The van der Waals surface area contributed by atoms with Crippen LogP contribution in [0.4, 0.5) is 0 Å². The third-order valence-electron chi connectivity index (χ3n) is 3.56. The molecule has 1 aromatic rings. The minimum absolute atomic E-state index is 0.0917. The van der Waals surface area contributed by atoms with Gasteiger partial charge in [0.1, 0.15) is 0 Å². The monoisotopic (exact) mass is 340 g/mol. The van der Waals surface area contributed by atoms with Crippen LogP contribution in [-0.2, 0) is 0 Å². The molecule has 0 radical (unpaired) electrons. The number of ether oxygens (including phenoxy) is 2. The van der Waals surface area contributed by atoms with Crippen molar-refractivity contribution in [1.82, 2.24) is 5.32 Å². The number of benzene rings is 1. The molecule has 1 atom stereocenters. The highest BCUT2D eigenvalue weighted by atomic mass is 79.9. The summed E-state index contributed by atoms with van der Waals surface area (Å²) in [5, 5.41) is 3.60. The van der Waals surface area contributed by atoms with Gasteiger partial charge in [-0.05, 0) is 30.5 Å². The lowest BCUT2D eigenvalue weighted by molar-refractivity contribution is 0.353. The third kappa shape index (κ3) is 3.34. The quantitative estimate of drug-likeness (QED) is 0.782. The van der Waals surface area contributed by atoms with Gasteiger partial charge in [0, 0.05) is 23.1 Å². The molecule has 110 valence electrons. The molecule has 0 aromatic heterocycles. The van der Waals surface area contributed by atoms with Crippen LogP contribution in [0.3, 0.4) is 0 Å². The summed E-state index contributed by atoms with van der Waals surface area (Å²) in [4.78, 5) is 0. The molecule has 0 aliphatic heterocycles. The molecule has 1 aliphatic rings. The van der Waals surface area contributed by atoms with Gasteiger partial charge in [0.15, 0.2) is 11.5 Å². The zero-order chi connectivity index (χ0) is 14.5. The van der Waals surface area contributed by atoms with Crippen LogP contribution in [0.5, 0.6) is 11.5 Å². The average Bonchev–Trinajstić information content (AvgIpc) is 2.97. The lowest BCUT2D eigenvalue weighted by atomic mass is 10.0. The minimum atomic E-state index is 0.0917. The van der Waals surface area contributed by atoms with Crippen molar-refractivity contribution in [3.05, 3.63) is 34.3 Å². The number of hydrogen-bond acceptors (Lipinski definition) is 4. The van der Waals surface area contributed by atoms with E-state index in [1.165, 1.54) is 0 Å². The number of rotatable bonds is 6. The molecule has 0 amide bonds. The topological polar surface area (TPSA) is 56.5 Å². The maximum Gasteiger partial charge on any atom is 0.161 e. The maximum absolute atomic E-state index is 5.94. The Morgan fingerprint density at radius 3 is 2.40 bits per heavy atom. The first-order chi connectivity index (χ1) is 9.69. The van der Waals surface area contributed by atoms with E-state index in [1.807, 2.05) is 12.1 Å². The fourth-order valence-corrected chi connectivity index (χ4v) is 3.06. The van der Waals surface area contributed by atoms with Gasteiger partial charge in [-0.15, -0.1) is 0 Å². The molecule has 5 heteroatoms. The first-order valence-electron chi connectivity index (χ1n) is 6.72. The van der Waals surface area contributed by atoms with E-state index < -0.39 is 0 Å². The van der Waals surface area contributed by atoms with Crippen LogP contribution in [0.2, 0.25) is 0 Å². The van der Waals surface area contributed by atoms with Crippen molar-refractivity contribution >= 4 is 15.9 Å². The zero-order valence-electron chi connectivity index (χ0n) is 11.9. The van der Waals surface area contributed by atoms with Crippen LogP contribution in [0.15, 0.2) is 28.8 Å². The summed E-state index contributed by atoms with van der Waals surface area (Å²) < 4.78 is 11.6. The lowest BCUT2D eigenvalue weighted by Crippen LogP contribution is -2.35. The van der Waals surface area contributed by atoms with Crippen LogP contribution in [-0.4, -0.2) is 26.8 Å². The molecule has 0 saturated carbocycles. The Morgan fingerprint density at radius 2 is 1.85 bits per heavy atom. The predicted octanol–water partition coefficient (Wildman–Crippen LogP) is 2.77. The molecule has 2 rings (SSSR count). The fourth-order valence-electron chi connectivity index (χ4n) is 2.46. The molecular weight excluding hydrogens is 320 g/mol. The van der Waals surface area contributed by atoms with Crippen molar-refractivity contribution in [3.8, 4) is 11.5 Å². The predicted molar refractivity (Wildman–Crippen MR) is 84.3 cm³/mol. The van der Waals surface area contributed by atoms with E-state index in [0.29, 0.717) is 18.3 Å². The second-order valence-corrected chi connectivity index (χ2v) is 5.68. The number of methoxy groups -OCH3 is 2. The van der Waals surface area contributed by atoms with E-state index in [9.17, 15) is 0 Å². The lowest BCUT2D eigenvalue weighted by Gasteiger charge is -2.24. The van der Waals surface area contributed by atoms with E-state index in [2.05, 4.69) is 33.4 Å². The Labute approximate surface area is 128 Å². The van der Waals surface area contributed by atoms with Crippen molar-refractivity contribution < 1.29 is 9.47 Å². The van der Waals surface area contributed by atoms with Gasteiger partial charge in [-0.1, -0.05) is 28.1 Å². The molecular formula is C15H21BrN2O2. The molecule has 0 bridgehead atoms. The van der Waals surface area contributed by atoms with E-state index in [0.717, 1.165) is 28.6 Å². The summed E-state index contributed by atoms with van der Waals surface area (Å²) >= 11 is 3.60. The number of nitrogens with one attached hydrogen (secondary N) is 1. The zero-order valence-corrected chi connectivity index (χ0v) is 13.4. The highest BCUT2D eigenvalue weighted by molar-refractivity contribution is 9.10. The number of nitrogens with two attached hydrogens (primary N) is 1. The minimum Gasteiger partial charge on any atom is -0.493 e. The molecule has 3 N–H and O–H groups in total. The Bertz CT molecular complexity index is 483. The highest BCUT2D eigenvalue weighted by Crippen LogP contribution is 2.36. The van der Waals surface area contributed by atoms with Gasteiger partial charge in [-0.2, -0.15) is 0 Å². The molecule has 1 aromatic carbocycles. The SMILES string of the molecule is COc1cc(Br)c(C(CN)NC2CC=CC2)cc1OC. The fraction of sp³-hybridized carbons (Fsp3) is 0.467. The van der Waals surface area contributed by atoms with Gasteiger partial charge >= 0.3 is 0 Å². The standard InChI is InChI=1S/C15H21BrN2O2/c1-19-14-7-11(12(16)8-15(14)20-2)13(9-17)18-10-5-3-4-6-10/h3-4,7-8,10,13,18H,5-6,9,17H2,1-2H3. The second-order valence-electron chi connectivity index (χ2n) is 4.82. The largest absolute Gasteiger partial charge is 0.493 e. The van der Waals surface area contributed by atoms with Crippen molar-refractivity contribution in [2.75, 3.05) is 20.8 Å². The van der Waals surface area contributed by atoms with Crippen LogP contribution in [0.1, 0.15) is 24.4 Å².